The summed E-state index contributed by atoms with van der Waals surface area (Å²) in [4.78, 5) is 0. The lowest BCUT2D eigenvalue weighted by atomic mass is 9.95. The van der Waals surface area contributed by atoms with Gasteiger partial charge in [0.05, 0.1) is 6.54 Å². The molecule has 0 N–H and O–H groups in total. The van der Waals surface area contributed by atoms with Crippen molar-refractivity contribution >= 4 is 10.9 Å². The van der Waals surface area contributed by atoms with Gasteiger partial charge in [-0.25, -0.2) is 8.96 Å². The predicted octanol–water partition coefficient (Wildman–Crippen LogP) is 2.05. The largest absolute Gasteiger partial charge is 1.00 e. The molecule has 0 aliphatic heterocycles. The molecule has 1 aliphatic rings. The van der Waals surface area contributed by atoms with Crippen LogP contribution in [0.2, 0.25) is 0 Å². The van der Waals surface area contributed by atoms with E-state index in [9.17, 15) is 4.39 Å². The summed E-state index contributed by atoms with van der Waals surface area (Å²) in [5.74, 6) is -0.188. The molecule has 0 unspecified atom stereocenters. The van der Waals surface area contributed by atoms with Crippen molar-refractivity contribution in [1.82, 2.24) is 4.57 Å². The van der Waals surface area contributed by atoms with Crippen LogP contribution in [0.4, 0.5) is 4.39 Å². The van der Waals surface area contributed by atoms with Crippen LogP contribution in [0.1, 0.15) is 35.2 Å². The second-order valence-corrected chi connectivity index (χ2v) is 7.75. The Balaban J connectivity index is 0.00000205. The van der Waals surface area contributed by atoms with Gasteiger partial charge in [-0.2, -0.15) is 0 Å². The molecule has 0 spiro atoms. The van der Waals surface area contributed by atoms with Crippen LogP contribution in [0.15, 0.2) is 73.1 Å². The molecule has 148 valence electrons. The van der Waals surface area contributed by atoms with Crippen LogP contribution in [-0.4, -0.2) is 4.57 Å². The minimum atomic E-state index is -0.188. The first-order valence-corrected chi connectivity index (χ1v) is 10.1. The van der Waals surface area contributed by atoms with Gasteiger partial charge in [-0.15, -0.1) is 0 Å². The number of hydrogen-bond acceptors (Lipinski definition) is 0. The van der Waals surface area contributed by atoms with E-state index in [2.05, 4.69) is 57.9 Å². The quantitative estimate of drug-likeness (QED) is 0.459. The van der Waals surface area contributed by atoms with Crippen molar-refractivity contribution in [3.63, 3.8) is 0 Å². The van der Waals surface area contributed by atoms with Gasteiger partial charge in [-0.05, 0) is 67.6 Å². The fraction of sp³-hybridized carbons (Fsp3) is 0.240. The van der Waals surface area contributed by atoms with Gasteiger partial charge in [0.25, 0.3) is 0 Å². The first-order valence-electron chi connectivity index (χ1n) is 10.1. The van der Waals surface area contributed by atoms with Gasteiger partial charge in [-0.3, -0.25) is 0 Å². The maximum atomic E-state index is 13.2. The molecule has 0 bridgehead atoms. The summed E-state index contributed by atoms with van der Waals surface area (Å²) in [6.07, 6.45) is 9.24. The zero-order chi connectivity index (χ0) is 18.9. The molecule has 0 fully saturated rings. The highest BCUT2D eigenvalue weighted by Crippen LogP contribution is 2.32. The molecule has 29 heavy (non-hydrogen) atoms. The summed E-state index contributed by atoms with van der Waals surface area (Å²) in [6.45, 7) is 1.64. The Bertz CT molecular complexity index is 1130. The highest BCUT2D eigenvalue weighted by Gasteiger charge is 2.20. The molecule has 1 aliphatic carbocycles. The topological polar surface area (TPSA) is 8.81 Å². The Hall–Kier alpha value is -2.65. The molecule has 0 saturated carbocycles. The molecule has 2 heterocycles. The van der Waals surface area contributed by atoms with E-state index in [1.165, 1.54) is 60.0 Å². The number of benzene rings is 2. The molecular weight excluding hydrogens is 383 g/mol. The van der Waals surface area contributed by atoms with Gasteiger partial charge in [0.2, 0.25) is 0 Å². The molecule has 4 aromatic rings. The van der Waals surface area contributed by atoms with E-state index in [0.717, 1.165) is 18.7 Å². The van der Waals surface area contributed by atoms with E-state index in [4.69, 9.17) is 0 Å². The maximum Gasteiger partial charge on any atom is 0.174 e. The molecule has 0 radical (unpaired) electrons. The third kappa shape index (κ3) is 3.92. The number of rotatable bonds is 4. The summed E-state index contributed by atoms with van der Waals surface area (Å²) >= 11 is 0. The number of para-hydroxylation sites is 1. The molecule has 2 nitrogen and oxygen atoms in total. The molecule has 5 rings (SSSR count). The van der Waals surface area contributed by atoms with Gasteiger partial charge in [0.15, 0.2) is 18.9 Å². The molecule has 2 aromatic carbocycles. The zero-order valence-corrected chi connectivity index (χ0v) is 17.1. The Labute approximate surface area is 177 Å². The summed E-state index contributed by atoms with van der Waals surface area (Å²) < 4.78 is 17.9. The van der Waals surface area contributed by atoms with Crippen molar-refractivity contribution in [3.05, 3.63) is 101 Å². The third-order valence-electron chi connectivity index (χ3n) is 5.82. The van der Waals surface area contributed by atoms with Crippen molar-refractivity contribution in [2.45, 2.75) is 38.8 Å². The van der Waals surface area contributed by atoms with E-state index >= 15 is 0 Å². The molecule has 4 heteroatoms. The summed E-state index contributed by atoms with van der Waals surface area (Å²) in [5, 5.41) is 1.42. The van der Waals surface area contributed by atoms with Crippen LogP contribution in [0.3, 0.4) is 0 Å². The normalized spacial score (nSPS) is 13.1. The summed E-state index contributed by atoms with van der Waals surface area (Å²) in [5.41, 5.74) is 6.81. The lowest BCUT2D eigenvalue weighted by Gasteiger charge is -2.16. The number of halogens is 2. The first-order chi connectivity index (χ1) is 13.8. The summed E-state index contributed by atoms with van der Waals surface area (Å²) in [6, 6.07) is 19.9. The van der Waals surface area contributed by atoms with E-state index in [1.54, 1.807) is 5.56 Å². The smallest absolute Gasteiger partial charge is 0.174 e. The van der Waals surface area contributed by atoms with Crippen molar-refractivity contribution < 1.29 is 21.4 Å². The van der Waals surface area contributed by atoms with Crippen LogP contribution in [0, 0.1) is 5.82 Å². The number of nitrogens with zero attached hydrogens (tertiary/aromatic N) is 2. The number of hydrogen-bond donors (Lipinski definition) is 0. The van der Waals surface area contributed by atoms with E-state index in [-0.39, 0.29) is 18.2 Å². The van der Waals surface area contributed by atoms with Crippen LogP contribution in [0.25, 0.3) is 10.9 Å². The lowest BCUT2D eigenvalue weighted by molar-refractivity contribution is -0.688. The van der Waals surface area contributed by atoms with Gasteiger partial charge in [0.1, 0.15) is 5.82 Å². The van der Waals surface area contributed by atoms with Gasteiger partial charge in [0, 0.05) is 33.8 Å². The van der Waals surface area contributed by atoms with Crippen molar-refractivity contribution in [1.29, 1.82) is 0 Å². The Kier molecular flexibility index (Phi) is 5.68. The van der Waals surface area contributed by atoms with E-state index in [0.29, 0.717) is 0 Å². The Morgan fingerprint density at radius 1 is 0.862 bits per heavy atom. The molecular formula is C25H24ClFN2. The summed E-state index contributed by atoms with van der Waals surface area (Å²) in [7, 11) is 0. The molecule has 0 amide bonds. The number of pyridine rings is 1. The third-order valence-corrected chi connectivity index (χ3v) is 5.82. The Morgan fingerprint density at radius 3 is 2.52 bits per heavy atom. The molecule has 0 atom stereocenters. The van der Waals surface area contributed by atoms with Crippen LogP contribution < -0.4 is 17.0 Å². The number of aromatic nitrogens is 2. The second-order valence-electron chi connectivity index (χ2n) is 7.75. The highest BCUT2D eigenvalue weighted by molar-refractivity contribution is 5.86. The van der Waals surface area contributed by atoms with E-state index < -0.39 is 0 Å². The minimum absolute atomic E-state index is 0. The van der Waals surface area contributed by atoms with Crippen molar-refractivity contribution in [2.75, 3.05) is 0 Å². The average molecular weight is 407 g/mol. The predicted molar refractivity (Wildman–Crippen MR) is 110 cm³/mol. The number of fused-ring (bicyclic) bond motifs is 3. The van der Waals surface area contributed by atoms with Crippen LogP contribution >= 0.6 is 0 Å². The number of aryl methyl sites for hydroxylation is 1. The molecule has 2 aromatic heterocycles. The van der Waals surface area contributed by atoms with Crippen molar-refractivity contribution in [3.8, 4) is 0 Å². The van der Waals surface area contributed by atoms with Gasteiger partial charge < -0.3 is 17.0 Å². The van der Waals surface area contributed by atoms with E-state index in [1.807, 2.05) is 12.1 Å². The fourth-order valence-electron chi connectivity index (χ4n) is 4.52. The van der Waals surface area contributed by atoms with Gasteiger partial charge >= 0.3 is 0 Å². The molecule has 0 saturated heterocycles. The standard InChI is InChI=1S/C25H24FN2.ClH/c26-21-13-11-19(12-14-21)16-27-15-5-6-20(17-27)18-28-24-9-3-1-7-22(24)23-8-2-4-10-25(23)28;/h1,3,5-7,9,11-15,17H,2,4,8,10,16,18H2;1H/q+1;/p-1. The van der Waals surface area contributed by atoms with Crippen LogP contribution in [-0.2, 0) is 25.9 Å². The Morgan fingerprint density at radius 2 is 1.66 bits per heavy atom. The highest BCUT2D eigenvalue weighted by atomic mass is 35.5. The lowest BCUT2D eigenvalue weighted by Crippen LogP contribution is -3.00. The van der Waals surface area contributed by atoms with Crippen LogP contribution in [0.5, 0.6) is 0 Å². The SMILES string of the molecule is Fc1ccc(C[n+]2cccc(Cn3c4c(c5ccccc53)CCCC4)c2)cc1.[Cl-]. The minimum Gasteiger partial charge on any atom is -1.00 e. The fourth-order valence-corrected chi connectivity index (χ4v) is 4.52. The zero-order valence-electron chi connectivity index (χ0n) is 16.3. The first kappa shape index (κ1) is 19.7. The second kappa shape index (κ2) is 8.38. The maximum absolute atomic E-state index is 13.2. The monoisotopic (exact) mass is 406 g/mol. The van der Waals surface area contributed by atoms with Crippen molar-refractivity contribution in [2.24, 2.45) is 0 Å². The average Bonchev–Trinajstić information content (AvgIpc) is 3.04. The van der Waals surface area contributed by atoms with Gasteiger partial charge in [-0.1, -0.05) is 18.2 Å².